The first-order valence-corrected chi connectivity index (χ1v) is 7.71. The summed E-state index contributed by atoms with van der Waals surface area (Å²) in [4.78, 5) is 49.4. The van der Waals surface area contributed by atoms with Gasteiger partial charge < -0.3 is 10.6 Å². The Morgan fingerprint density at radius 1 is 1.16 bits per heavy atom. The molecular formula is C17H14N4O4. The molecule has 3 amide bonds. The van der Waals surface area contributed by atoms with E-state index in [4.69, 9.17) is 5.73 Å². The van der Waals surface area contributed by atoms with Crippen LogP contribution in [0.25, 0.3) is 5.69 Å². The molecule has 1 aromatic carbocycles. The highest BCUT2D eigenvalue weighted by molar-refractivity contribution is 6.23. The highest BCUT2D eigenvalue weighted by Crippen LogP contribution is 2.31. The van der Waals surface area contributed by atoms with Crippen molar-refractivity contribution < 1.29 is 14.4 Å². The Labute approximate surface area is 141 Å². The van der Waals surface area contributed by atoms with Crippen molar-refractivity contribution in [1.82, 2.24) is 9.88 Å². The van der Waals surface area contributed by atoms with E-state index in [0.29, 0.717) is 18.7 Å². The molecule has 2 aromatic rings. The quantitative estimate of drug-likeness (QED) is 0.722. The van der Waals surface area contributed by atoms with E-state index >= 15 is 0 Å². The van der Waals surface area contributed by atoms with Gasteiger partial charge in [0.1, 0.15) is 5.82 Å². The zero-order valence-electron chi connectivity index (χ0n) is 13.3. The largest absolute Gasteiger partial charge is 0.384 e. The molecule has 0 bridgehead atoms. The number of rotatable bonds is 1. The molecule has 3 heterocycles. The number of nitrogens with one attached hydrogen (secondary N) is 1. The third kappa shape index (κ3) is 2.07. The lowest BCUT2D eigenvalue weighted by Crippen LogP contribution is -2.26. The van der Waals surface area contributed by atoms with Crippen molar-refractivity contribution in [2.75, 3.05) is 17.2 Å². The van der Waals surface area contributed by atoms with Crippen molar-refractivity contribution >= 4 is 29.2 Å². The molecule has 0 unspecified atom stereocenters. The van der Waals surface area contributed by atoms with Gasteiger partial charge in [-0.15, -0.1) is 0 Å². The summed E-state index contributed by atoms with van der Waals surface area (Å²) in [5.74, 6) is -1.36. The van der Waals surface area contributed by atoms with E-state index in [1.54, 1.807) is 23.1 Å². The van der Waals surface area contributed by atoms with E-state index in [9.17, 15) is 19.2 Å². The second-order valence-corrected chi connectivity index (χ2v) is 6.01. The Bertz CT molecular complexity index is 1040. The lowest BCUT2D eigenvalue weighted by Gasteiger charge is -2.16. The lowest BCUT2D eigenvalue weighted by atomic mass is 10.1. The number of nitrogen functional groups attached to an aromatic ring is 1. The molecule has 8 heteroatoms. The van der Waals surface area contributed by atoms with Crippen LogP contribution in [-0.4, -0.2) is 28.8 Å². The molecule has 1 aromatic heterocycles. The van der Waals surface area contributed by atoms with Gasteiger partial charge in [-0.3, -0.25) is 29.1 Å². The Kier molecular flexibility index (Phi) is 3.05. The maximum atomic E-state index is 12.5. The minimum atomic E-state index is -0.623. The minimum absolute atomic E-state index is 0.00679. The molecule has 0 aliphatic carbocycles. The summed E-state index contributed by atoms with van der Waals surface area (Å²) < 4.78 is 1.20. The fourth-order valence-corrected chi connectivity index (χ4v) is 3.40. The number of nitrogens with zero attached hydrogens (tertiary/aromatic N) is 2. The summed E-state index contributed by atoms with van der Waals surface area (Å²) in [7, 11) is 0. The summed E-state index contributed by atoms with van der Waals surface area (Å²) in [6.45, 7) is 2.08. The van der Waals surface area contributed by atoms with Gasteiger partial charge in [-0.05, 0) is 30.2 Å². The smallest absolute Gasteiger partial charge is 0.262 e. The average Bonchev–Trinajstić information content (AvgIpc) is 3.08. The molecule has 0 fully saturated rings. The van der Waals surface area contributed by atoms with E-state index in [2.05, 4.69) is 5.32 Å². The van der Waals surface area contributed by atoms with Crippen LogP contribution in [0.4, 0.5) is 11.5 Å². The van der Waals surface area contributed by atoms with Gasteiger partial charge >= 0.3 is 0 Å². The second-order valence-electron chi connectivity index (χ2n) is 6.01. The average molecular weight is 338 g/mol. The summed E-state index contributed by atoms with van der Waals surface area (Å²) in [5, 5.41) is 2.13. The van der Waals surface area contributed by atoms with Gasteiger partial charge in [-0.2, -0.15) is 0 Å². The molecule has 0 radical (unpaired) electrons. The maximum Gasteiger partial charge on any atom is 0.262 e. The number of carbonyl (C=O) groups excluding carboxylic acids is 3. The van der Waals surface area contributed by atoms with Crippen molar-refractivity contribution in [3.8, 4) is 5.69 Å². The molecule has 0 saturated carbocycles. The van der Waals surface area contributed by atoms with Crippen molar-refractivity contribution in [2.45, 2.75) is 13.3 Å². The molecule has 3 N–H and O–H groups in total. The van der Waals surface area contributed by atoms with Crippen LogP contribution in [0.2, 0.25) is 0 Å². The topological polar surface area (TPSA) is 114 Å². The molecule has 8 nitrogen and oxygen atoms in total. The number of aromatic nitrogens is 1. The molecule has 0 atom stereocenters. The first-order valence-electron chi connectivity index (χ1n) is 7.71. The first-order chi connectivity index (χ1) is 11.9. The van der Waals surface area contributed by atoms with Crippen LogP contribution < -0.4 is 21.5 Å². The number of hydrogen-bond acceptors (Lipinski definition) is 5. The van der Waals surface area contributed by atoms with Gasteiger partial charge in [0.2, 0.25) is 5.91 Å². The fourth-order valence-electron chi connectivity index (χ4n) is 3.40. The number of nitrogens with two attached hydrogens (primary N) is 1. The van der Waals surface area contributed by atoms with Crippen LogP contribution in [-0.2, 0) is 11.2 Å². The van der Waals surface area contributed by atoms with E-state index in [1.807, 2.05) is 0 Å². The third-order valence-electron chi connectivity index (χ3n) is 4.55. The van der Waals surface area contributed by atoms with Gasteiger partial charge in [-0.1, -0.05) is 0 Å². The van der Waals surface area contributed by atoms with Crippen LogP contribution >= 0.6 is 0 Å². The molecule has 4 rings (SSSR count). The highest BCUT2D eigenvalue weighted by Gasteiger charge is 2.32. The van der Waals surface area contributed by atoms with Gasteiger partial charge in [0.25, 0.3) is 17.4 Å². The number of imide groups is 1. The number of anilines is 2. The monoisotopic (exact) mass is 338 g/mol. The normalized spacial score (nSPS) is 15.2. The van der Waals surface area contributed by atoms with Gasteiger partial charge in [0, 0.05) is 25.2 Å². The van der Waals surface area contributed by atoms with Crippen LogP contribution in [0.5, 0.6) is 0 Å². The van der Waals surface area contributed by atoms with Crippen molar-refractivity contribution in [2.24, 2.45) is 0 Å². The summed E-state index contributed by atoms with van der Waals surface area (Å²) in [6, 6.07) is 6.31. The third-order valence-corrected chi connectivity index (χ3v) is 4.55. The van der Waals surface area contributed by atoms with Crippen LogP contribution in [0.15, 0.2) is 29.1 Å². The Hall–Kier alpha value is -3.42. The molecule has 2 aliphatic rings. The van der Waals surface area contributed by atoms with Gasteiger partial charge in [0.15, 0.2) is 0 Å². The predicted molar refractivity (Wildman–Crippen MR) is 90.0 cm³/mol. The van der Waals surface area contributed by atoms with Crippen LogP contribution in [0, 0.1) is 0 Å². The maximum absolute atomic E-state index is 12.5. The van der Waals surface area contributed by atoms with E-state index in [0.717, 1.165) is 17.3 Å². The van der Waals surface area contributed by atoms with E-state index < -0.39 is 17.4 Å². The fraction of sp³-hybridized carbons (Fsp3) is 0.176. The van der Waals surface area contributed by atoms with Crippen LogP contribution in [0.3, 0.4) is 0 Å². The molecule has 126 valence electrons. The number of fused-ring (bicyclic) bond motifs is 2. The molecular weight excluding hydrogens is 324 g/mol. The summed E-state index contributed by atoms with van der Waals surface area (Å²) >= 11 is 0. The standard InChI is InChI=1S/C17H14N4O4/c1-8(22)20-5-4-9-6-10(2-3-12(9)20)21-13(23)7-11-14(15(21)18)17(25)19-16(11)24/h2-3,6-7H,4-5,18H2,1H3,(H,19,24,25). The van der Waals surface area contributed by atoms with Crippen molar-refractivity contribution in [1.29, 1.82) is 0 Å². The molecule has 0 spiro atoms. The zero-order valence-corrected chi connectivity index (χ0v) is 13.3. The van der Waals surface area contributed by atoms with Crippen molar-refractivity contribution in [3.05, 3.63) is 51.3 Å². The number of carbonyl (C=O) groups is 3. The number of pyridine rings is 1. The first kappa shape index (κ1) is 15.1. The Balaban J connectivity index is 1.89. The van der Waals surface area contributed by atoms with Gasteiger partial charge in [0.05, 0.1) is 16.8 Å². The van der Waals surface area contributed by atoms with Crippen molar-refractivity contribution in [3.63, 3.8) is 0 Å². The Morgan fingerprint density at radius 3 is 2.64 bits per heavy atom. The molecule has 0 saturated heterocycles. The Morgan fingerprint density at radius 2 is 1.92 bits per heavy atom. The second kappa shape index (κ2) is 5.04. The minimum Gasteiger partial charge on any atom is -0.384 e. The molecule has 2 aliphatic heterocycles. The van der Waals surface area contributed by atoms with E-state index in [1.165, 1.54) is 11.5 Å². The van der Waals surface area contributed by atoms with E-state index in [-0.39, 0.29) is 22.9 Å². The zero-order chi connectivity index (χ0) is 17.9. The number of amides is 3. The SMILES string of the molecule is CC(=O)N1CCc2cc(-n3c(N)c4c(cc3=O)C(=O)NC4=O)ccc21. The lowest BCUT2D eigenvalue weighted by molar-refractivity contribution is -0.116. The predicted octanol–water partition coefficient (Wildman–Crippen LogP) is 0.212. The van der Waals surface area contributed by atoms with Gasteiger partial charge in [-0.25, -0.2) is 0 Å². The number of benzene rings is 1. The number of hydrogen-bond donors (Lipinski definition) is 2. The van der Waals surface area contributed by atoms with Crippen LogP contribution in [0.1, 0.15) is 33.2 Å². The summed E-state index contributed by atoms with van der Waals surface area (Å²) in [6.07, 6.45) is 0.668. The summed E-state index contributed by atoms with van der Waals surface area (Å²) in [5.41, 5.74) is 7.74. The highest BCUT2D eigenvalue weighted by atomic mass is 16.2. The molecule has 25 heavy (non-hydrogen) atoms.